The fourth-order valence-corrected chi connectivity index (χ4v) is 4.17. The summed E-state index contributed by atoms with van der Waals surface area (Å²) in [7, 11) is 1.90. The van der Waals surface area contributed by atoms with Crippen LogP contribution in [0.4, 0.5) is 11.5 Å². The topological polar surface area (TPSA) is 52.2 Å². The fraction of sp³-hybridized carbons (Fsp3) is 0.733. The molecule has 1 spiro atoms. The summed E-state index contributed by atoms with van der Waals surface area (Å²) >= 11 is 0. The van der Waals surface area contributed by atoms with E-state index < -0.39 is 0 Å². The van der Waals surface area contributed by atoms with Gasteiger partial charge in [-0.15, -0.1) is 0 Å². The highest BCUT2D eigenvalue weighted by molar-refractivity contribution is 6.01. The van der Waals surface area contributed by atoms with Crippen LogP contribution in [0.2, 0.25) is 0 Å². The number of carbonyl (C=O) groups is 1. The van der Waals surface area contributed by atoms with Gasteiger partial charge < -0.3 is 9.80 Å². The van der Waals surface area contributed by atoms with Gasteiger partial charge in [-0.1, -0.05) is 19.3 Å². The summed E-state index contributed by atoms with van der Waals surface area (Å²) < 4.78 is 0. The maximum absolute atomic E-state index is 12.8. The molecule has 108 valence electrons. The van der Waals surface area contributed by atoms with Gasteiger partial charge in [-0.3, -0.25) is 9.89 Å². The average Bonchev–Trinajstić information content (AvgIpc) is 3.06. The Hall–Kier alpha value is -1.52. The number of anilines is 2. The summed E-state index contributed by atoms with van der Waals surface area (Å²) in [6, 6.07) is 0.575. The summed E-state index contributed by atoms with van der Waals surface area (Å²) in [5.74, 6) is 1.34. The Morgan fingerprint density at radius 1 is 1.30 bits per heavy atom. The molecule has 1 aromatic rings. The first kappa shape index (κ1) is 12.2. The number of amides is 1. The fourth-order valence-electron chi connectivity index (χ4n) is 4.17. The summed E-state index contributed by atoms with van der Waals surface area (Å²) in [5.41, 5.74) is 0.808. The van der Waals surface area contributed by atoms with Crippen LogP contribution in [-0.4, -0.2) is 35.7 Å². The quantitative estimate of drug-likeness (QED) is 0.855. The number of nitrogens with zero attached hydrogens (tertiary/aromatic N) is 3. The van der Waals surface area contributed by atoms with Crippen LogP contribution in [0.5, 0.6) is 0 Å². The molecule has 0 bridgehead atoms. The van der Waals surface area contributed by atoms with E-state index in [-0.39, 0.29) is 11.3 Å². The molecule has 1 aliphatic heterocycles. The van der Waals surface area contributed by atoms with Crippen molar-refractivity contribution in [2.75, 3.05) is 23.4 Å². The molecule has 0 aromatic carbocycles. The summed E-state index contributed by atoms with van der Waals surface area (Å²) in [6.45, 7) is 0.871. The Labute approximate surface area is 119 Å². The second kappa shape index (κ2) is 4.24. The monoisotopic (exact) mass is 274 g/mol. The molecule has 2 aliphatic carbocycles. The van der Waals surface area contributed by atoms with Gasteiger partial charge in [-0.25, -0.2) is 0 Å². The molecule has 1 aromatic heterocycles. The average molecular weight is 274 g/mol. The van der Waals surface area contributed by atoms with Crippen molar-refractivity contribution in [3.8, 4) is 0 Å². The van der Waals surface area contributed by atoms with Gasteiger partial charge in [0.25, 0.3) is 0 Å². The first-order valence-electron chi connectivity index (χ1n) is 7.79. The molecule has 4 rings (SSSR count). The molecular formula is C15H22N4O. The van der Waals surface area contributed by atoms with E-state index in [1.54, 1.807) is 6.20 Å². The molecule has 1 amide bonds. The van der Waals surface area contributed by atoms with Crippen molar-refractivity contribution in [1.82, 2.24) is 10.2 Å². The van der Waals surface area contributed by atoms with E-state index in [9.17, 15) is 4.79 Å². The Morgan fingerprint density at radius 2 is 2.05 bits per heavy atom. The largest absolute Gasteiger partial charge is 0.351 e. The van der Waals surface area contributed by atoms with Crippen molar-refractivity contribution in [1.29, 1.82) is 0 Å². The molecule has 20 heavy (non-hydrogen) atoms. The zero-order valence-corrected chi connectivity index (χ0v) is 12.1. The van der Waals surface area contributed by atoms with Gasteiger partial charge in [0.2, 0.25) is 5.91 Å². The molecule has 5 heteroatoms. The molecule has 0 unspecified atom stereocenters. The predicted octanol–water partition coefficient (Wildman–Crippen LogP) is 2.31. The van der Waals surface area contributed by atoms with E-state index in [0.717, 1.165) is 30.9 Å². The van der Waals surface area contributed by atoms with E-state index in [0.29, 0.717) is 6.04 Å². The maximum Gasteiger partial charge on any atom is 0.234 e. The van der Waals surface area contributed by atoms with Crippen LogP contribution in [0.15, 0.2) is 6.20 Å². The van der Waals surface area contributed by atoms with Crippen molar-refractivity contribution in [3.05, 3.63) is 6.20 Å². The van der Waals surface area contributed by atoms with E-state index >= 15 is 0 Å². The van der Waals surface area contributed by atoms with Crippen molar-refractivity contribution >= 4 is 17.4 Å². The normalized spacial score (nSPS) is 25.8. The van der Waals surface area contributed by atoms with Crippen molar-refractivity contribution in [2.24, 2.45) is 5.41 Å². The SMILES string of the molecule is CN1C(=O)C2(CCC2)CN(C2CCCC2)c2[nH]ncc21. The third kappa shape index (κ3) is 1.55. The smallest absolute Gasteiger partial charge is 0.234 e. The molecule has 0 saturated heterocycles. The number of aromatic amines is 1. The van der Waals surface area contributed by atoms with E-state index in [1.165, 1.54) is 32.1 Å². The van der Waals surface area contributed by atoms with Crippen LogP contribution in [0.3, 0.4) is 0 Å². The van der Waals surface area contributed by atoms with Gasteiger partial charge in [-0.2, -0.15) is 5.10 Å². The van der Waals surface area contributed by atoms with E-state index in [4.69, 9.17) is 0 Å². The summed E-state index contributed by atoms with van der Waals surface area (Å²) in [6.07, 6.45) is 10.2. The van der Waals surface area contributed by atoms with Gasteiger partial charge in [0.1, 0.15) is 11.5 Å². The summed E-state index contributed by atoms with van der Waals surface area (Å²) in [5, 5.41) is 7.33. The van der Waals surface area contributed by atoms with Crippen LogP contribution in [0.1, 0.15) is 44.9 Å². The Bertz CT molecular complexity index is 528. The highest BCUT2D eigenvalue weighted by Crippen LogP contribution is 2.48. The second-order valence-corrected chi connectivity index (χ2v) is 6.67. The highest BCUT2D eigenvalue weighted by Gasteiger charge is 2.50. The molecule has 0 atom stereocenters. The number of hydrogen-bond acceptors (Lipinski definition) is 3. The lowest BCUT2D eigenvalue weighted by atomic mass is 9.67. The molecule has 5 nitrogen and oxygen atoms in total. The highest BCUT2D eigenvalue weighted by atomic mass is 16.2. The number of H-pyrrole nitrogens is 1. The van der Waals surface area contributed by atoms with Crippen LogP contribution >= 0.6 is 0 Å². The van der Waals surface area contributed by atoms with Gasteiger partial charge >= 0.3 is 0 Å². The molecule has 3 aliphatic rings. The van der Waals surface area contributed by atoms with Crippen LogP contribution in [0, 0.1) is 5.41 Å². The predicted molar refractivity (Wildman–Crippen MR) is 77.9 cm³/mol. The van der Waals surface area contributed by atoms with Crippen LogP contribution in [0.25, 0.3) is 0 Å². The Kier molecular flexibility index (Phi) is 2.59. The first-order valence-corrected chi connectivity index (χ1v) is 7.79. The number of aromatic nitrogens is 2. The van der Waals surface area contributed by atoms with E-state index in [1.807, 2.05) is 11.9 Å². The van der Waals surface area contributed by atoms with Gasteiger partial charge in [0, 0.05) is 19.6 Å². The van der Waals surface area contributed by atoms with Crippen molar-refractivity contribution in [3.63, 3.8) is 0 Å². The van der Waals surface area contributed by atoms with Gasteiger partial charge in [0.15, 0.2) is 0 Å². The lowest BCUT2D eigenvalue weighted by Crippen LogP contribution is -2.52. The molecule has 2 saturated carbocycles. The van der Waals surface area contributed by atoms with Crippen LogP contribution in [-0.2, 0) is 4.79 Å². The van der Waals surface area contributed by atoms with E-state index in [2.05, 4.69) is 15.1 Å². The lowest BCUT2D eigenvalue weighted by molar-refractivity contribution is -0.131. The minimum Gasteiger partial charge on any atom is -0.351 e. The molecule has 2 fully saturated rings. The third-order valence-corrected chi connectivity index (χ3v) is 5.56. The minimum atomic E-state index is -0.142. The number of carbonyl (C=O) groups excluding carboxylic acids is 1. The maximum atomic E-state index is 12.8. The number of nitrogens with one attached hydrogen (secondary N) is 1. The molecule has 0 radical (unpaired) electrons. The molecule has 1 N–H and O–H groups in total. The molecule has 2 heterocycles. The van der Waals surface area contributed by atoms with Crippen molar-refractivity contribution < 1.29 is 4.79 Å². The number of fused-ring (bicyclic) bond motifs is 1. The van der Waals surface area contributed by atoms with Gasteiger partial charge in [-0.05, 0) is 25.7 Å². The zero-order valence-electron chi connectivity index (χ0n) is 12.1. The first-order chi connectivity index (χ1) is 9.71. The second-order valence-electron chi connectivity index (χ2n) is 6.67. The Morgan fingerprint density at radius 3 is 2.70 bits per heavy atom. The lowest BCUT2D eigenvalue weighted by Gasteiger charge is -2.44. The van der Waals surface area contributed by atoms with Gasteiger partial charge in [0.05, 0.1) is 11.6 Å². The molecular weight excluding hydrogens is 252 g/mol. The number of hydrogen-bond donors (Lipinski definition) is 1. The third-order valence-electron chi connectivity index (χ3n) is 5.56. The van der Waals surface area contributed by atoms with Crippen LogP contribution < -0.4 is 9.80 Å². The minimum absolute atomic E-state index is 0.142. The standard InChI is InChI=1S/C15H22N4O/c1-18-12-9-16-17-13(12)19(11-5-2-3-6-11)10-15(14(18)20)7-4-8-15/h9,11H,2-8,10H2,1H3,(H,16,17). The zero-order chi connectivity index (χ0) is 13.7. The number of rotatable bonds is 1. The summed E-state index contributed by atoms with van der Waals surface area (Å²) in [4.78, 5) is 17.1. The Balaban J connectivity index is 1.77. The van der Waals surface area contributed by atoms with Crippen molar-refractivity contribution in [2.45, 2.75) is 51.0 Å².